The topological polar surface area (TPSA) is 9.23 Å². The molecule has 0 N–H and O–H groups in total. The van der Waals surface area contributed by atoms with Crippen molar-refractivity contribution < 1.29 is 9.13 Å². The first-order valence-corrected chi connectivity index (χ1v) is 4.62. The molecule has 1 atom stereocenters. The zero-order chi connectivity index (χ0) is 8.10. The largest absolute Gasteiger partial charge is 0.345 e. The van der Waals surface area contributed by atoms with Crippen LogP contribution in [0.3, 0.4) is 0 Å². The zero-order valence-corrected chi connectivity index (χ0v) is 7.18. The number of rotatable bonds is 3. The lowest BCUT2D eigenvalue weighted by molar-refractivity contribution is -0.0975. The molecule has 0 heterocycles. The van der Waals surface area contributed by atoms with E-state index in [2.05, 4.69) is 0 Å². The highest BCUT2D eigenvalue weighted by Crippen LogP contribution is 2.22. The molecule has 0 amide bonds. The molecule has 2 heteroatoms. The molecule has 0 aromatic heterocycles. The van der Waals surface area contributed by atoms with Crippen LogP contribution in [0, 0.1) is 0 Å². The molecule has 0 bridgehead atoms. The Bertz CT molecular complexity index is 99.7. The van der Waals surface area contributed by atoms with Crippen molar-refractivity contribution in [2.75, 3.05) is 0 Å². The minimum atomic E-state index is -1.03. The molecule has 0 spiro atoms. The summed E-state index contributed by atoms with van der Waals surface area (Å²) in [6, 6.07) is 0. The smallest absolute Gasteiger partial charge is 0.198 e. The third-order valence-electron chi connectivity index (χ3n) is 2.21. The summed E-state index contributed by atoms with van der Waals surface area (Å²) in [6.07, 6.45) is 5.49. The SMILES string of the molecule is CCC(F)OC1CCCCC1. The zero-order valence-electron chi connectivity index (χ0n) is 7.18. The van der Waals surface area contributed by atoms with Gasteiger partial charge in [-0.25, -0.2) is 4.39 Å². The van der Waals surface area contributed by atoms with Crippen LogP contribution in [0.5, 0.6) is 0 Å². The number of halogens is 1. The van der Waals surface area contributed by atoms with E-state index >= 15 is 0 Å². The van der Waals surface area contributed by atoms with Gasteiger partial charge in [-0.15, -0.1) is 0 Å². The lowest BCUT2D eigenvalue weighted by atomic mass is 9.98. The third kappa shape index (κ3) is 3.19. The molecular weight excluding hydrogens is 143 g/mol. The van der Waals surface area contributed by atoms with Crippen LogP contribution in [0.15, 0.2) is 0 Å². The van der Waals surface area contributed by atoms with Crippen LogP contribution < -0.4 is 0 Å². The number of hydrogen-bond donors (Lipinski definition) is 0. The van der Waals surface area contributed by atoms with Crippen LogP contribution >= 0.6 is 0 Å². The summed E-state index contributed by atoms with van der Waals surface area (Å²) in [7, 11) is 0. The standard InChI is InChI=1S/C9H17FO/c1-2-9(10)11-8-6-4-3-5-7-8/h8-9H,2-7H2,1H3. The summed E-state index contributed by atoms with van der Waals surface area (Å²) in [4.78, 5) is 0. The van der Waals surface area contributed by atoms with Gasteiger partial charge in [-0.2, -0.15) is 0 Å². The molecule has 1 rings (SSSR count). The molecule has 1 aliphatic carbocycles. The molecule has 0 aromatic rings. The number of ether oxygens (including phenoxy) is 1. The Morgan fingerprint density at radius 3 is 2.55 bits per heavy atom. The van der Waals surface area contributed by atoms with E-state index in [1.165, 1.54) is 19.3 Å². The van der Waals surface area contributed by atoms with E-state index in [0.717, 1.165) is 12.8 Å². The van der Waals surface area contributed by atoms with E-state index in [1.807, 2.05) is 6.92 Å². The van der Waals surface area contributed by atoms with Crippen LogP contribution in [0.2, 0.25) is 0 Å². The predicted molar refractivity (Wildman–Crippen MR) is 43.1 cm³/mol. The van der Waals surface area contributed by atoms with E-state index < -0.39 is 6.36 Å². The van der Waals surface area contributed by atoms with Crippen molar-refractivity contribution in [2.45, 2.75) is 57.9 Å². The van der Waals surface area contributed by atoms with E-state index in [4.69, 9.17) is 4.74 Å². The molecule has 66 valence electrons. The Morgan fingerprint density at radius 1 is 1.36 bits per heavy atom. The number of hydrogen-bond acceptors (Lipinski definition) is 1. The van der Waals surface area contributed by atoms with Crippen molar-refractivity contribution in [3.63, 3.8) is 0 Å². The van der Waals surface area contributed by atoms with Gasteiger partial charge in [0.15, 0.2) is 6.36 Å². The van der Waals surface area contributed by atoms with Gasteiger partial charge in [-0.3, -0.25) is 0 Å². The summed E-state index contributed by atoms with van der Waals surface area (Å²) >= 11 is 0. The summed E-state index contributed by atoms with van der Waals surface area (Å²) in [5, 5.41) is 0. The summed E-state index contributed by atoms with van der Waals surface area (Å²) in [5.74, 6) is 0. The number of alkyl halides is 1. The Kier molecular flexibility index (Phi) is 3.84. The molecule has 1 nitrogen and oxygen atoms in total. The van der Waals surface area contributed by atoms with Gasteiger partial charge >= 0.3 is 0 Å². The van der Waals surface area contributed by atoms with E-state index in [-0.39, 0.29) is 6.10 Å². The lowest BCUT2D eigenvalue weighted by Crippen LogP contribution is -2.21. The van der Waals surface area contributed by atoms with E-state index in [0.29, 0.717) is 6.42 Å². The van der Waals surface area contributed by atoms with Crippen molar-refractivity contribution in [2.24, 2.45) is 0 Å². The molecular formula is C9H17FO. The van der Waals surface area contributed by atoms with E-state index in [9.17, 15) is 4.39 Å². The Morgan fingerprint density at radius 2 is 2.00 bits per heavy atom. The first kappa shape index (κ1) is 8.98. The first-order valence-electron chi connectivity index (χ1n) is 4.62. The summed E-state index contributed by atoms with van der Waals surface area (Å²) in [5.41, 5.74) is 0. The van der Waals surface area contributed by atoms with Gasteiger partial charge in [0.25, 0.3) is 0 Å². The van der Waals surface area contributed by atoms with Gasteiger partial charge in [0.2, 0.25) is 0 Å². The maximum Gasteiger partial charge on any atom is 0.198 e. The second kappa shape index (κ2) is 4.70. The molecule has 1 saturated carbocycles. The fraction of sp³-hybridized carbons (Fsp3) is 1.00. The fourth-order valence-corrected chi connectivity index (χ4v) is 1.51. The highest BCUT2D eigenvalue weighted by Gasteiger charge is 2.16. The van der Waals surface area contributed by atoms with Gasteiger partial charge in [-0.1, -0.05) is 26.2 Å². The normalized spacial score (nSPS) is 23.5. The second-order valence-corrected chi connectivity index (χ2v) is 3.21. The van der Waals surface area contributed by atoms with Crippen LogP contribution in [-0.2, 0) is 4.74 Å². The van der Waals surface area contributed by atoms with Gasteiger partial charge in [0.1, 0.15) is 0 Å². The fourth-order valence-electron chi connectivity index (χ4n) is 1.51. The Balaban J connectivity index is 2.13. The molecule has 0 aliphatic heterocycles. The van der Waals surface area contributed by atoms with Gasteiger partial charge in [0, 0.05) is 6.42 Å². The highest BCUT2D eigenvalue weighted by molar-refractivity contribution is 4.65. The molecule has 1 aliphatic rings. The third-order valence-corrected chi connectivity index (χ3v) is 2.21. The van der Waals surface area contributed by atoms with Crippen molar-refractivity contribution in [3.05, 3.63) is 0 Å². The van der Waals surface area contributed by atoms with Gasteiger partial charge in [0.05, 0.1) is 6.10 Å². The molecule has 0 radical (unpaired) electrons. The van der Waals surface area contributed by atoms with Crippen molar-refractivity contribution in [1.29, 1.82) is 0 Å². The Labute approximate surface area is 67.9 Å². The first-order chi connectivity index (χ1) is 5.33. The minimum absolute atomic E-state index is 0.207. The monoisotopic (exact) mass is 160 g/mol. The van der Waals surface area contributed by atoms with Gasteiger partial charge < -0.3 is 4.74 Å². The van der Waals surface area contributed by atoms with E-state index in [1.54, 1.807) is 0 Å². The van der Waals surface area contributed by atoms with Crippen LogP contribution in [0.4, 0.5) is 4.39 Å². The van der Waals surface area contributed by atoms with Gasteiger partial charge in [-0.05, 0) is 12.8 Å². The predicted octanol–water partition coefficient (Wildman–Crippen LogP) is 3.04. The quantitative estimate of drug-likeness (QED) is 0.616. The van der Waals surface area contributed by atoms with Crippen LogP contribution in [0.1, 0.15) is 45.4 Å². The average Bonchev–Trinajstić information content (AvgIpc) is 2.06. The maximum atomic E-state index is 12.7. The molecule has 11 heavy (non-hydrogen) atoms. The van der Waals surface area contributed by atoms with Crippen LogP contribution in [0.25, 0.3) is 0 Å². The molecule has 0 aromatic carbocycles. The average molecular weight is 160 g/mol. The molecule has 1 fully saturated rings. The van der Waals surface area contributed by atoms with Crippen molar-refractivity contribution in [1.82, 2.24) is 0 Å². The molecule has 1 unspecified atom stereocenters. The minimum Gasteiger partial charge on any atom is -0.345 e. The van der Waals surface area contributed by atoms with Crippen LogP contribution in [-0.4, -0.2) is 12.5 Å². The summed E-state index contributed by atoms with van der Waals surface area (Å²) < 4.78 is 17.9. The highest BCUT2D eigenvalue weighted by atomic mass is 19.1. The van der Waals surface area contributed by atoms with Crippen molar-refractivity contribution >= 4 is 0 Å². The van der Waals surface area contributed by atoms with Crippen molar-refractivity contribution in [3.8, 4) is 0 Å². The molecule has 0 saturated heterocycles. The summed E-state index contributed by atoms with van der Waals surface area (Å²) in [6.45, 7) is 1.81. The maximum absolute atomic E-state index is 12.7. The second-order valence-electron chi connectivity index (χ2n) is 3.21. The lowest BCUT2D eigenvalue weighted by Gasteiger charge is -2.23. The Hall–Kier alpha value is -0.110.